The van der Waals surface area contributed by atoms with E-state index in [1.165, 1.54) is 7.05 Å². The number of hydrogen-bond donors (Lipinski definition) is 1. The van der Waals surface area contributed by atoms with Crippen LogP contribution < -0.4 is 10.1 Å². The number of nitrogens with zero attached hydrogens (tertiary/aromatic N) is 1. The number of likely N-dealkylation sites (N-methyl/N-ethyl adjacent to an activating group) is 1. The van der Waals surface area contributed by atoms with Crippen LogP contribution in [0.25, 0.3) is 0 Å². The number of benzene rings is 2. The predicted molar refractivity (Wildman–Crippen MR) is 110 cm³/mol. The summed E-state index contributed by atoms with van der Waals surface area (Å²) < 4.78 is 32.4. The Hall–Kier alpha value is -2.38. The van der Waals surface area contributed by atoms with E-state index in [-0.39, 0.29) is 23.4 Å². The smallest absolute Gasteiger partial charge is 0.243 e. The molecule has 0 saturated heterocycles. The zero-order valence-corrected chi connectivity index (χ0v) is 18.1. The molecular weight excluding hydrogens is 376 g/mol. The van der Waals surface area contributed by atoms with E-state index in [0.29, 0.717) is 16.9 Å². The molecule has 0 bridgehead atoms. The summed E-state index contributed by atoms with van der Waals surface area (Å²) in [6.45, 7) is 7.02. The van der Waals surface area contributed by atoms with Crippen molar-refractivity contribution in [1.82, 2.24) is 9.62 Å². The number of methoxy groups -OCH3 is 1. The number of aryl methyl sites for hydroxylation is 3. The second-order valence-electron chi connectivity index (χ2n) is 7.02. The van der Waals surface area contributed by atoms with Crippen LogP contribution in [0.15, 0.2) is 41.3 Å². The summed E-state index contributed by atoms with van der Waals surface area (Å²) in [6, 6.07) is 10.7. The third-order valence-corrected chi connectivity index (χ3v) is 6.73. The quantitative estimate of drug-likeness (QED) is 0.769. The molecule has 0 heterocycles. The number of amides is 1. The van der Waals surface area contributed by atoms with Crippen molar-refractivity contribution in [3.63, 3.8) is 0 Å². The fourth-order valence-electron chi connectivity index (χ4n) is 3.41. The summed E-state index contributed by atoms with van der Waals surface area (Å²) in [4.78, 5) is 12.7. The van der Waals surface area contributed by atoms with Gasteiger partial charge in [0.05, 0.1) is 24.6 Å². The number of para-hydroxylation sites is 1. The third kappa shape index (κ3) is 4.72. The Bertz CT molecular complexity index is 947. The van der Waals surface area contributed by atoms with Crippen molar-refractivity contribution in [2.24, 2.45) is 0 Å². The molecule has 7 heteroatoms. The van der Waals surface area contributed by atoms with Crippen LogP contribution in [-0.2, 0) is 14.8 Å². The van der Waals surface area contributed by atoms with Crippen LogP contribution in [0.1, 0.15) is 35.2 Å². The summed E-state index contributed by atoms with van der Waals surface area (Å²) in [7, 11) is -0.790. The van der Waals surface area contributed by atoms with Gasteiger partial charge in [-0.15, -0.1) is 0 Å². The van der Waals surface area contributed by atoms with E-state index >= 15 is 0 Å². The highest BCUT2D eigenvalue weighted by Gasteiger charge is 2.27. The number of rotatable bonds is 7. The van der Waals surface area contributed by atoms with Gasteiger partial charge in [0.25, 0.3) is 0 Å². The first kappa shape index (κ1) is 21.9. The number of sulfonamides is 1. The molecule has 152 valence electrons. The first-order chi connectivity index (χ1) is 13.1. The van der Waals surface area contributed by atoms with Gasteiger partial charge in [-0.1, -0.05) is 35.9 Å². The lowest BCUT2D eigenvalue weighted by Crippen LogP contribution is -2.39. The molecule has 0 spiro atoms. The van der Waals surface area contributed by atoms with Gasteiger partial charge < -0.3 is 10.1 Å². The highest BCUT2D eigenvalue weighted by molar-refractivity contribution is 7.89. The minimum atomic E-state index is -3.78. The Balaban J connectivity index is 2.16. The Kier molecular flexibility index (Phi) is 6.85. The number of ether oxygens (including phenoxy) is 1. The highest BCUT2D eigenvalue weighted by Crippen LogP contribution is 2.26. The van der Waals surface area contributed by atoms with Gasteiger partial charge in [-0.25, -0.2) is 8.42 Å². The lowest BCUT2D eigenvalue weighted by atomic mass is 10.1. The fraction of sp³-hybridized carbons (Fsp3) is 0.381. The second kappa shape index (κ2) is 8.75. The van der Waals surface area contributed by atoms with Crippen LogP contribution in [0, 0.1) is 20.8 Å². The normalized spacial score (nSPS) is 12.7. The van der Waals surface area contributed by atoms with Crippen molar-refractivity contribution < 1.29 is 17.9 Å². The number of hydrogen-bond acceptors (Lipinski definition) is 4. The molecule has 2 aromatic rings. The highest BCUT2D eigenvalue weighted by atomic mass is 32.2. The zero-order valence-electron chi connectivity index (χ0n) is 17.2. The van der Waals surface area contributed by atoms with Gasteiger partial charge in [-0.3, -0.25) is 4.79 Å². The van der Waals surface area contributed by atoms with Gasteiger partial charge in [-0.2, -0.15) is 4.31 Å². The van der Waals surface area contributed by atoms with E-state index in [9.17, 15) is 13.2 Å². The van der Waals surface area contributed by atoms with Crippen molar-refractivity contribution in [1.29, 1.82) is 0 Å². The summed E-state index contributed by atoms with van der Waals surface area (Å²) in [6.07, 6.45) is 0. The lowest BCUT2D eigenvalue weighted by Gasteiger charge is -2.22. The van der Waals surface area contributed by atoms with E-state index in [0.717, 1.165) is 15.4 Å². The molecule has 1 unspecified atom stereocenters. The average molecular weight is 405 g/mol. The van der Waals surface area contributed by atoms with Crippen LogP contribution in [0.4, 0.5) is 0 Å². The van der Waals surface area contributed by atoms with Crippen LogP contribution in [0.3, 0.4) is 0 Å². The Morgan fingerprint density at radius 3 is 2.29 bits per heavy atom. The number of nitrogens with one attached hydrogen (secondary N) is 1. The van der Waals surface area contributed by atoms with E-state index in [1.807, 2.05) is 50.2 Å². The van der Waals surface area contributed by atoms with Crippen molar-refractivity contribution in [2.45, 2.75) is 38.6 Å². The molecule has 0 aliphatic heterocycles. The summed E-state index contributed by atoms with van der Waals surface area (Å²) in [5.74, 6) is 0.286. The van der Waals surface area contributed by atoms with Gasteiger partial charge in [0.1, 0.15) is 5.75 Å². The molecule has 1 amide bonds. The first-order valence-corrected chi connectivity index (χ1v) is 10.5. The molecule has 0 aliphatic carbocycles. The Morgan fingerprint density at radius 2 is 1.71 bits per heavy atom. The SMILES string of the molecule is COc1ccccc1C(C)NC(=O)CN(C)S(=O)(=O)c1c(C)cc(C)cc1C. The molecule has 2 aromatic carbocycles. The Labute approximate surface area is 167 Å². The lowest BCUT2D eigenvalue weighted by molar-refractivity contribution is -0.121. The number of carbonyl (C=O) groups is 1. The van der Waals surface area contributed by atoms with E-state index in [1.54, 1.807) is 21.0 Å². The Morgan fingerprint density at radius 1 is 1.14 bits per heavy atom. The van der Waals surface area contributed by atoms with Crippen molar-refractivity contribution in [3.05, 3.63) is 58.7 Å². The van der Waals surface area contributed by atoms with Gasteiger partial charge in [0.15, 0.2) is 0 Å². The fourth-order valence-corrected chi connectivity index (χ4v) is 4.94. The summed E-state index contributed by atoms with van der Waals surface area (Å²) >= 11 is 0. The minimum Gasteiger partial charge on any atom is -0.496 e. The molecule has 0 fully saturated rings. The maximum absolute atomic E-state index is 13.0. The molecule has 0 aromatic heterocycles. The van der Waals surface area contributed by atoms with Crippen molar-refractivity contribution in [2.75, 3.05) is 20.7 Å². The second-order valence-corrected chi connectivity index (χ2v) is 9.00. The van der Waals surface area contributed by atoms with Gasteiger partial charge in [0, 0.05) is 12.6 Å². The van der Waals surface area contributed by atoms with Gasteiger partial charge >= 0.3 is 0 Å². The zero-order chi connectivity index (χ0) is 21.1. The first-order valence-electron chi connectivity index (χ1n) is 9.04. The molecule has 0 radical (unpaired) electrons. The van der Waals surface area contributed by atoms with E-state index in [4.69, 9.17) is 4.74 Å². The predicted octanol–water partition coefficient (Wildman–Crippen LogP) is 3.12. The van der Waals surface area contributed by atoms with Crippen LogP contribution in [0.5, 0.6) is 5.75 Å². The molecule has 1 N–H and O–H groups in total. The van der Waals surface area contributed by atoms with Crippen LogP contribution in [0.2, 0.25) is 0 Å². The largest absolute Gasteiger partial charge is 0.496 e. The molecule has 0 saturated carbocycles. The summed E-state index contributed by atoms with van der Waals surface area (Å²) in [5.41, 5.74) is 3.17. The molecular formula is C21H28N2O4S. The molecule has 28 heavy (non-hydrogen) atoms. The average Bonchev–Trinajstić information content (AvgIpc) is 2.60. The van der Waals surface area contributed by atoms with Crippen molar-refractivity contribution in [3.8, 4) is 5.75 Å². The molecule has 2 rings (SSSR count). The van der Waals surface area contributed by atoms with E-state index in [2.05, 4.69) is 5.32 Å². The van der Waals surface area contributed by atoms with Crippen molar-refractivity contribution >= 4 is 15.9 Å². The van der Waals surface area contributed by atoms with Crippen LogP contribution in [-0.4, -0.2) is 39.3 Å². The minimum absolute atomic E-state index is 0.256. The maximum Gasteiger partial charge on any atom is 0.243 e. The molecule has 0 aliphatic rings. The summed E-state index contributed by atoms with van der Waals surface area (Å²) in [5, 5.41) is 2.84. The standard InChI is InChI=1S/C21H28N2O4S/c1-14-11-15(2)21(16(3)12-14)28(25,26)23(5)13-20(24)22-17(4)18-9-7-8-10-19(18)27-6/h7-12,17H,13H2,1-6H3,(H,22,24). The third-order valence-electron chi connectivity index (χ3n) is 4.62. The van der Waals surface area contributed by atoms with Gasteiger partial charge in [0.2, 0.25) is 15.9 Å². The topological polar surface area (TPSA) is 75.7 Å². The molecule has 6 nitrogen and oxygen atoms in total. The molecule has 1 atom stereocenters. The maximum atomic E-state index is 13.0. The van der Waals surface area contributed by atoms with Gasteiger partial charge in [-0.05, 0) is 44.9 Å². The monoisotopic (exact) mass is 404 g/mol. The van der Waals surface area contributed by atoms with E-state index < -0.39 is 10.0 Å². The van der Waals surface area contributed by atoms with Crippen LogP contribution >= 0.6 is 0 Å². The number of carbonyl (C=O) groups excluding carboxylic acids is 1.